The van der Waals surface area contributed by atoms with Crippen molar-refractivity contribution in [1.82, 2.24) is 19.8 Å². The van der Waals surface area contributed by atoms with Gasteiger partial charge in [0.2, 0.25) is 0 Å². The van der Waals surface area contributed by atoms with Crippen molar-refractivity contribution in [2.45, 2.75) is 6.92 Å². The van der Waals surface area contributed by atoms with E-state index in [4.69, 9.17) is 4.74 Å². The Kier molecular flexibility index (Phi) is 5.14. The molecule has 1 aromatic heterocycles. The maximum atomic E-state index is 12.7. The third kappa shape index (κ3) is 3.88. The molecule has 1 N–H and O–H groups in total. The van der Waals surface area contributed by atoms with Gasteiger partial charge in [-0.1, -0.05) is 19.1 Å². The lowest BCUT2D eigenvalue weighted by atomic mass is 10.1. The number of aromatic nitrogens is 2. The molecule has 0 spiro atoms. The van der Waals surface area contributed by atoms with Gasteiger partial charge in [-0.25, -0.2) is 4.79 Å². The van der Waals surface area contributed by atoms with Crippen molar-refractivity contribution in [3.8, 4) is 17.0 Å². The van der Waals surface area contributed by atoms with Crippen molar-refractivity contribution in [3.05, 3.63) is 46.5 Å². The number of carbonyl (C=O) groups excluding carboxylic acids is 1. The topological polar surface area (TPSA) is 78.5 Å². The lowest BCUT2D eigenvalue weighted by Crippen LogP contribution is -2.48. The van der Waals surface area contributed by atoms with E-state index in [0.29, 0.717) is 24.5 Å². The first kappa shape index (κ1) is 17.2. The molecule has 0 saturated carbocycles. The maximum absolute atomic E-state index is 12.7. The number of aromatic amines is 1. The number of H-pyrrole nitrogens is 1. The molecule has 1 amide bonds. The Hall–Kier alpha value is -2.67. The van der Waals surface area contributed by atoms with Crippen LogP contribution in [0.2, 0.25) is 0 Å². The minimum absolute atomic E-state index is 0.167. The number of piperazine rings is 1. The highest BCUT2D eigenvalue weighted by Crippen LogP contribution is 2.22. The van der Waals surface area contributed by atoms with E-state index >= 15 is 0 Å². The number of hydrogen-bond donors (Lipinski definition) is 1. The molecule has 2 heterocycles. The third-order valence-electron chi connectivity index (χ3n) is 4.45. The van der Waals surface area contributed by atoms with E-state index in [2.05, 4.69) is 21.8 Å². The number of nitrogens with zero attached hydrogens (tertiary/aromatic N) is 3. The first-order chi connectivity index (χ1) is 12.1. The quantitative estimate of drug-likeness (QED) is 0.904. The van der Waals surface area contributed by atoms with E-state index in [1.807, 2.05) is 18.2 Å². The van der Waals surface area contributed by atoms with Crippen molar-refractivity contribution in [1.29, 1.82) is 0 Å². The Bertz CT molecular complexity index is 810. The van der Waals surface area contributed by atoms with E-state index in [0.717, 1.165) is 25.2 Å². The Morgan fingerprint density at radius 2 is 2.00 bits per heavy atom. The molecule has 1 aliphatic heterocycles. The minimum Gasteiger partial charge on any atom is -0.497 e. The van der Waals surface area contributed by atoms with Crippen LogP contribution in [-0.4, -0.2) is 65.5 Å². The predicted molar refractivity (Wildman–Crippen MR) is 94.9 cm³/mol. The Morgan fingerprint density at radius 3 is 2.68 bits per heavy atom. The Labute approximate surface area is 146 Å². The highest BCUT2D eigenvalue weighted by molar-refractivity contribution is 5.93. The summed E-state index contributed by atoms with van der Waals surface area (Å²) in [6.45, 7) is 6.10. The average molecular weight is 342 g/mol. The van der Waals surface area contributed by atoms with Crippen LogP contribution in [0.5, 0.6) is 5.75 Å². The number of benzene rings is 1. The third-order valence-corrected chi connectivity index (χ3v) is 4.45. The fraction of sp³-hybridized carbons (Fsp3) is 0.389. The normalized spacial score (nSPS) is 15.2. The van der Waals surface area contributed by atoms with E-state index < -0.39 is 5.69 Å². The molecule has 0 aliphatic carbocycles. The fourth-order valence-corrected chi connectivity index (χ4v) is 2.94. The van der Waals surface area contributed by atoms with Gasteiger partial charge in [-0.3, -0.25) is 4.79 Å². The van der Waals surface area contributed by atoms with Gasteiger partial charge >= 0.3 is 5.69 Å². The van der Waals surface area contributed by atoms with E-state index in [9.17, 15) is 9.59 Å². The molecule has 1 aromatic carbocycles. The van der Waals surface area contributed by atoms with Crippen molar-refractivity contribution in [3.63, 3.8) is 0 Å². The molecule has 7 heteroatoms. The molecule has 132 valence electrons. The fourth-order valence-electron chi connectivity index (χ4n) is 2.94. The van der Waals surface area contributed by atoms with Gasteiger partial charge in [-0.2, -0.15) is 4.98 Å². The zero-order valence-corrected chi connectivity index (χ0v) is 14.5. The smallest absolute Gasteiger partial charge is 0.346 e. The summed E-state index contributed by atoms with van der Waals surface area (Å²) in [5.41, 5.74) is 0.923. The molecular formula is C18H22N4O3. The second kappa shape index (κ2) is 7.48. The first-order valence-corrected chi connectivity index (χ1v) is 8.38. The average Bonchev–Trinajstić information content (AvgIpc) is 2.67. The molecule has 0 bridgehead atoms. The number of carbonyl (C=O) groups is 1. The molecule has 1 saturated heterocycles. The summed E-state index contributed by atoms with van der Waals surface area (Å²) in [5.74, 6) is 0.502. The molecular weight excluding hydrogens is 320 g/mol. The number of likely N-dealkylation sites (N-methyl/N-ethyl adjacent to an activating group) is 1. The van der Waals surface area contributed by atoms with Crippen LogP contribution >= 0.6 is 0 Å². The molecule has 0 unspecified atom stereocenters. The number of hydrogen-bond acceptors (Lipinski definition) is 5. The summed E-state index contributed by atoms with van der Waals surface area (Å²) in [5, 5.41) is 0. The van der Waals surface area contributed by atoms with Crippen LogP contribution in [0.3, 0.4) is 0 Å². The minimum atomic E-state index is -0.532. The summed E-state index contributed by atoms with van der Waals surface area (Å²) in [6, 6.07) is 8.89. The molecule has 0 radical (unpaired) electrons. The van der Waals surface area contributed by atoms with E-state index in [1.54, 1.807) is 24.1 Å². The number of methoxy groups -OCH3 is 1. The summed E-state index contributed by atoms with van der Waals surface area (Å²) in [7, 11) is 1.58. The van der Waals surface area contributed by atoms with Crippen LogP contribution in [0.4, 0.5) is 0 Å². The number of amides is 1. The van der Waals surface area contributed by atoms with Crippen LogP contribution in [0.1, 0.15) is 17.4 Å². The Balaban J connectivity index is 1.86. The van der Waals surface area contributed by atoms with Crippen molar-refractivity contribution >= 4 is 5.91 Å². The highest BCUT2D eigenvalue weighted by Gasteiger charge is 2.22. The van der Waals surface area contributed by atoms with Gasteiger partial charge in [0.15, 0.2) is 0 Å². The molecule has 25 heavy (non-hydrogen) atoms. The number of rotatable bonds is 4. The van der Waals surface area contributed by atoms with Gasteiger partial charge < -0.3 is 19.5 Å². The first-order valence-electron chi connectivity index (χ1n) is 8.38. The molecule has 3 rings (SSSR count). The van der Waals surface area contributed by atoms with Crippen molar-refractivity contribution < 1.29 is 9.53 Å². The summed E-state index contributed by atoms with van der Waals surface area (Å²) >= 11 is 0. The van der Waals surface area contributed by atoms with Crippen LogP contribution in [0.25, 0.3) is 11.3 Å². The maximum Gasteiger partial charge on any atom is 0.346 e. The van der Waals surface area contributed by atoms with Gasteiger partial charge in [-0.05, 0) is 24.7 Å². The Morgan fingerprint density at radius 1 is 1.24 bits per heavy atom. The SMILES string of the molecule is CCN1CCN(C(=O)c2cc(-c3cccc(OC)c3)nc(=O)[nH]2)CC1. The second-order valence-corrected chi connectivity index (χ2v) is 5.94. The largest absolute Gasteiger partial charge is 0.497 e. The number of nitrogens with one attached hydrogen (secondary N) is 1. The summed E-state index contributed by atoms with van der Waals surface area (Å²) in [4.78, 5) is 35.3. The van der Waals surface area contributed by atoms with Gasteiger partial charge in [0.05, 0.1) is 12.8 Å². The molecule has 0 atom stereocenters. The molecule has 1 fully saturated rings. The lowest BCUT2D eigenvalue weighted by molar-refractivity contribution is 0.0637. The predicted octanol–water partition coefficient (Wildman–Crippen LogP) is 1.22. The van der Waals surface area contributed by atoms with Gasteiger partial charge in [0.1, 0.15) is 11.4 Å². The van der Waals surface area contributed by atoms with Crippen LogP contribution < -0.4 is 10.4 Å². The molecule has 1 aliphatic rings. The van der Waals surface area contributed by atoms with Crippen molar-refractivity contribution in [2.24, 2.45) is 0 Å². The van der Waals surface area contributed by atoms with E-state index in [-0.39, 0.29) is 11.6 Å². The standard InChI is InChI=1S/C18H22N4O3/c1-3-21-7-9-22(10-8-21)17(23)16-12-15(19-18(24)20-16)13-5-4-6-14(11-13)25-2/h4-6,11-12H,3,7-10H2,1-2H3,(H,19,20,24). The summed E-state index contributed by atoms with van der Waals surface area (Å²) in [6.07, 6.45) is 0. The van der Waals surface area contributed by atoms with Crippen molar-refractivity contribution in [2.75, 3.05) is 39.8 Å². The van der Waals surface area contributed by atoms with Crippen LogP contribution in [0, 0.1) is 0 Å². The lowest BCUT2D eigenvalue weighted by Gasteiger charge is -2.33. The van der Waals surface area contributed by atoms with E-state index in [1.165, 1.54) is 0 Å². The number of ether oxygens (including phenoxy) is 1. The van der Waals surface area contributed by atoms with Gasteiger partial charge in [-0.15, -0.1) is 0 Å². The molecule has 2 aromatic rings. The zero-order valence-electron chi connectivity index (χ0n) is 14.5. The van der Waals surface area contributed by atoms with Gasteiger partial charge in [0, 0.05) is 31.7 Å². The monoisotopic (exact) mass is 342 g/mol. The summed E-state index contributed by atoms with van der Waals surface area (Å²) < 4.78 is 5.21. The molecule has 7 nitrogen and oxygen atoms in total. The van der Waals surface area contributed by atoms with Crippen LogP contribution in [-0.2, 0) is 0 Å². The van der Waals surface area contributed by atoms with Crippen LogP contribution in [0.15, 0.2) is 35.1 Å². The highest BCUT2D eigenvalue weighted by atomic mass is 16.5. The zero-order chi connectivity index (χ0) is 17.8. The van der Waals surface area contributed by atoms with Gasteiger partial charge in [0.25, 0.3) is 5.91 Å². The second-order valence-electron chi connectivity index (χ2n) is 5.94.